The number of nitrogens with zero attached hydrogens (tertiary/aromatic N) is 3. The van der Waals surface area contributed by atoms with Crippen LogP contribution in [0.4, 0.5) is 0 Å². The molecule has 1 aliphatic rings. The fourth-order valence-electron chi connectivity index (χ4n) is 3.59. The van der Waals surface area contributed by atoms with Crippen LogP contribution in [-0.2, 0) is 14.3 Å². The molecular weight excluding hydrogens is 469 g/mol. The summed E-state index contributed by atoms with van der Waals surface area (Å²) in [5, 5.41) is 6.52. The molecule has 10 heteroatoms. The lowest BCUT2D eigenvalue weighted by atomic mass is 10.1. The molecule has 4 rings (SSSR count). The van der Waals surface area contributed by atoms with Crippen LogP contribution in [-0.4, -0.2) is 34.9 Å². The second kappa shape index (κ2) is 8.88. The molecule has 0 saturated carbocycles. The number of fused-ring (bicyclic) bond motifs is 1. The number of methoxy groups -OCH3 is 1. The summed E-state index contributed by atoms with van der Waals surface area (Å²) in [5.74, 6) is -0.882. The van der Waals surface area contributed by atoms with E-state index < -0.39 is 12.2 Å². The number of rotatable bonds is 4. The summed E-state index contributed by atoms with van der Waals surface area (Å²) >= 11 is 12.8. The Labute approximate surface area is 199 Å². The average Bonchev–Trinajstić information content (AvgIpc) is 3.20. The van der Waals surface area contributed by atoms with Gasteiger partial charge >= 0.3 is 5.97 Å². The van der Waals surface area contributed by atoms with E-state index in [9.17, 15) is 9.59 Å². The van der Waals surface area contributed by atoms with E-state index in [2.05, 4.69) is 10.1 Å². The third-order valence-electron chi connectivity index (χ3n) is 4.93. The average molecular weight is 488 g/mol. The molecule has 2 heterocycles. The number of ether oxygens (including phenoxy) is 3. The first-order valence-corrected chi connectivity index (χ1v) is 10.6. The smallest absolute Gasteiger partial charge is 0.308 e. The molecule has 1 amide bonds. The highest BCUT2D eigenvalue weighted by molar-refractivity contribution is 6.44. The molecule has 0 fully saturated rings. The van der Waals surface area contributed by atoms with E-state index >= 15 is 0 Å². The van der Waals surface area contributed by atoms with Gasteiger partial charge in [-0.1, -0.05) is 41.4 Å². The maximum atomic E-state index is 12.5. The number of hydrogen-bond donors (Lipinski definition) is 0. The molecule has 8 nitrogen and oxygen atoms in total. The Kier molecular flexibility index (Phi) is 6.14. The topological polar surface area (TPSA) is 90.3 Å². The summed E-state index contributed by atoms with van der Waals surface area (Å²) in [6.07, 6.45) is -0.907. The second-order valence-corrected chi connectivity index (χ2v) is 8.07. The van der Waals surface area contributed by atoms with Crippen molar-refractivity contribution in [2.24, 2.45) is 5.10 Å². The largest absolute Gasteiger partial charge is 0.493 e. The van der Waals surface area contributed by atoms with Gasteiger partial charge in [0.2, 0.25) is 18.0 Å². The Morgan fingerprint density at radius 3 is 2.55 bits per heavy atom. The number of hydrazone groups is 1. The highest BCUT2D eigenvalue weighted by Crippen LogP contribution is 2.44. The van der Waals surface area contributed by atoms with Crippen molar-refractivity contribution in [3.8, 4) is 11.5 Å². The zero-order valence-corrected chi connectivity index (χ0v) is 19.7. The Morgan fingerprint density at radius 1 is 1.15 bits per heavy atom. The van der Waals surface area contributed by atoms with Gasteiger partial charge in [0.05, 0.1) is 22.7 Å². The van der Waals surface area contributed by atoms with Gasteiger partial charge in [-0.15, -0.1) is 5.10 Å². The summed E-state index contributed by atoms with van der Waals surface area (Å²) in [4.78, 5) is 28.8. The number of benzene rings is 2. The molecule has 1 aromatic heterocycles. The predicted molar refractivity (Wildman–Crippen MR) is 124 cm³/mol. The number of esters is 1. The third-order valence-corrected chi connectivity index (χ3v) is 5.71. The zero-order valence-electron chi connectivity index (χ0n) is 18.2. The molecule has 0 N–H and O–H groups in total. The van der Waals surface area contributed by atoms with Crippen LogP contribution in [0.2, 0.25) is 10.0 Å². The highest BCUT2D eigenvalue weighted by atomic mass is 35.5. The molecule has 33 heavy (non-hydrogen) atoms. The minimum atomic E-state index is -0.907. The molecule has 3 aromatic rings. The number of aromatic nitrogens is 1. The van der Waals surface area contributed by atoms with Crippen LogP contribution in [0, 0.1) is 6.92 Å². The Morgan fingerprint density at radius 2 is 1.88 bits per heavy atom. The number of pyridine rings is 1. The van der Waals surface area contributed by atoms with Crippen LogP contribution in [0.3, 0.4) is 0 Å². The lowest BCUT2D eigenvalue weighted by Gasteiger charge is -2.21. The Bertz CT molecular complexity index is 1330. The molecule has 0 radical (unpaired) electrons. The van der Waals surface area contributed by atoms with Gasteiger partial charge in [-0.05, 0) is 19.1 Å². The quantitative estimate of drug-likeness (QED) is 0.378. The summed E-state index contributed by atoms with van der Waals surface area (Å²) in [6.45, 7) is 4.45. The van der Waals surface area contributed by atoms with Crippen molar-refractivity contribution in [3.63, 3.8) is 0 Å². The third kappa shape index (κ3) is 4.19. The molecule has 170 valence electrons. The lowest BCUT2D eigenvalue weighted by molar-refractivity contribution is -0.135. The molecule has 1 aliphatic heterocycles. The monoisotopic (exact) mass is 487 g/mol. The van der Waals surface area contributed by atoms with E-state index in [0.29, 0.717) is 5.56 Å². The van der Waals surface area contributed by atoms with Crippen LogP contribution in [0.25, 0.3) is 10.9 Å². The van der Waals surface area contributed by atoms with Gasteiger partial charge < -0.3 is 14.2 Å². The predicted octanol–water partition coefficient (Wildman–Crippen LogP) is 5.02. The summed E-state index contributed by atoms with van der Waals surface area (Å²) in [6, 6.07) is 10.8. The van der Waals surface area contributed by atoms with Gasteiger partial charge in [-0.3, -0.25) is 14.6 Å². The minimum absolute atomic E-state index is 0.0157. The number of halogens is 2. The van der Waals surface area contributed by atoms with Crippen molar-refractivity contribution in [1.29, 1.82) is 0 Å². The van der Waals surface area contributed by atoms with E-state index in [1.165, 1.54) is 32.0 Å². The molecule has 0 bridgehead atoms. The number of carbonyl (C=O) groups excluding carboxylic acids is 2. The maximum absolute atomic E-state index is 12.5. The van der Waals surface area contributed by atoms with Gasteiger partial charge in [0.1, 0.15) is 5.56 Å². The number of para-hydroxylation sites is 1. The zero-order chi connectivity index (χ0) is 23.9. The van der Waals surface area contributed by atoms with Gasteiger partial charge in [0.15, 0.2) is 11.5 Å². The molecule has 0 spiro atoms. The van der Waals surface area contributed by atoms with Gasteiger partial charge in [-0.25, -0.2) is 0 Å². The Balaban J connectivity index is 1.90. The molecular formula is C23H19Cl2N3O5. The van der Waals surface area contributed by atoms with Crippen molar-refractivity contribution >= 4 is 51.9 Å². The first-order chi connectivity index (χ1) is 15.7. The highest BCUT2D eigenvalue weighted by Gasteiger charge is 2.38. The first-order valence-electron chi connectivity index (χ1n) is 9.87. The SMILES string of the molecule is COc1cc(Cl)c(Cl)c(C2=NN(C(C)=O)[C@@H](c3cc(C)nc4ccccc34)O2)c1OC(C)=O. The van der Waals surface area contributed by atoms with Crippen molar-refractivity contribution in [2.75, 3.05) is 7.11 Å². The first kappa shape index (κ1) is 22.8. The molecule has 2 aromatic carbocycles. The number of hydrogen-bond acceptors (Lipinski definition) is 7. The number of amides is 1. The van der Waals surface area contributed by atoms with Crippen LogP contribution in [0.5, 0.6) is 11.5 Å². The van der Waals surface area contributed by atoms with Crippen molar-refractivity contribution in [2.45, 2.75) is 27.0 Å². The van der Waals surface area contributed by atoms with Crippen molar-refractivity contribution in [1.82, 2.24) is 9.99 Å². The number of aryl methyl sites for hydroxylation is 1. The van der Waals surface area contributed by atoms with E-state index in [1.54, 1.807) is 0 Å². The normalized spacial score (nSPS) is 15.3. The molecule has 0 unspecified atom stereocenters. The van der Waals surface area contributed by atoms with Gasteiger partial charge in [-0.2, -0.15) is 5.01 Å². The lowest BCUT2D eigenvalue weighted by Crippen LogP contribution is -2.25. The van der Waals surface area contributed by atoms with Crippen molar-refractivity contribution in [3.05, 3.63) is 63.3 Å². The van der Waals surface area contributed by atoms with E-state index in [1.807, 2.05) is 37.3 Å². The minimum Gasteiger partial charge on any atom is -0.493 e. The summed E-state index contributed by atoms with van der Waals surface area (Å²) < 4.78 is 16.8. The van der Waals surface area contributed by atoms with Crippen LogP contribution < -0.4 is 9.47 Å². The van der Waals surface area contributed by atoms with Gasteiger partial charge in [0, 0.05) is 36.6 Å². The van der Waals surface area contributed by atoms with Gasteiger partial charge in [0.25, 0.3) is 0 Å². The fourth-order valence-corrected chi connectivity index (χ4v) is 4.00. The van der Waals surface area contributed by atoms with E-state index in [4.69, 9.17) is 37.4 Å². The molecule has 0 saturated heterocycles. The number of carbonyl (C=O) groups is 2. The molecule has 1 atom stereocenters. The summed E-state index contributed by atoms with van der Waals surface area (Å²) in [5.41, 5.74) is 2.27. The van der Waals surface area contributed by atoms with Crippen LogP contribution in [0.15, 0.2) is 41.5 Å². The van der Waals surface area contributed by atoms with Crippen LogP contribution >= 0.6 is 23.2 Å². The second-order valence-electron chi connectivity index (χ2n) is 7.28. The van der Waals surface area contributed by atoms with E-state index in [0.717, 1.165) is 16.6 Å². The van der Waals surface area contributed by atoms with E-state index in [-0.39, 0.29) is 38.9 Å². The fraction of sp³-hybridized carbons (Fsp3) is 0.217. The summed E-state index contributed by atoms with van der Waals surface area (Å²) in [7, 11) is 1.39. The van der Waals surface area contributed by atoms with Crippen molar-refractivity contribution < 1.29 is 23.8 Å². The maximum Gasteiger partial charge on any atom is 0.308 e. The van der Waals surface area contributed by atoms with Crippen LogP contribution in [0.1, 0.15) is 36.9 Å². The molecule has 0 aliphatic carbocycles. The standard InChI is InChI=1S/C23H19Cl2N3O5/c1-11-9-15(14-7-5-6-8-17(14)26-11)23-28(12(2)29)27-22(33-23)19-20(25)16(24)10-18(31-4)21(19)32-13(3)30/h5-10,23H,1-4H3/t23-/m1/s1. The Hall–Kier alpha value is -3.36.